The highest BCUT2D eigenvalue weighted by atomic mass is 16.5. The predicted molar refractivity (Wildman–Crippen MR) is 51.8 cm³/mol. The zero-order valence-corrected chi connectivity index (χ0v) is 8.84. The maximum absolute atomic E-state index is 10.9. The Morgan fingerprint density at radius 3 is 2.69 bits per heavy atom. The van der Waals surface area contributed by atoms with Crippen molar-refractivity contribution < 1.29 is 14.3 Å². The molecular formula is C10H20O3. The first-order valence-electron chi connectivity index (χ1n) is 4.83. The van der Waals surface area contributed by atoms with Gasteiger partial charge in [0.2, 0.25) is 0 Å². The molecule has 13 heavy (non-hydrogen) atoms. The van der Waals surface area contributed by atoms with E-state index in [9.17, 15) is 4.79 Å². The van der Waals surface area contributed by atoms with Crippen molar-refractivity contribution in [3.8, 4) is 0 Å². The summed E-state index contributed by atoms with van der Waals surface area (Å²) in [6.07, 6.45) is 2.21. The van der Waals surface area contributed by atoms with Gasteiger partial charge in [0.25, 0.3) is 0 Å². The molecule has 0 amide bonds. The number of carbonyl (C=O) groups excluding carboxylic acids is 1. The molecule has 0 aliphatic carbocycles. The first kappa shape index (κ1) is 12.6. The number of ether oxygens (including phenoxy) is 2. The largest absolute Gasteiger partial charge is 0.382 e. The molecule has 1 atom stereocenters. The van der Waals surface area contributed by atoms with Crippen LogP contribution in [0, 0.1) is 0 Å². The highest BCUT2D eigenvalue weighted by Gasteiger charge is 2.02. The molecule has 0 radical (unpaired) electrons. The maximum Gasteiger partial charge on any atom is 0.132 e. The van der Waals surface area contributed by atoms with Gasteiger partial charge in [-0.2, -0.15) is 0 Å². The summed E-state index contributed by atoms with van der Waals surface area (Å²) in [4.78, 5) is 10.9. The Kier molecular flexibility index (Phi) is 7.94. The highest BCUT2D eigenvalue weighted by molar-refractivity contribution is 5.77. The summed E-state index contributed by atoms with van der Waals surface area (Å²) in [5.41, 5.74) is 0. The lowest BCUT2D eigenvalue weighted by Gasteiger charge is -2.10. The van der Waals surface area contributed by atoms with Gasteiger partial charge in [-0.15, -0.1) is 0 Å². The number of ketones is 1. The van der Waals surface area contributed by atoms with Crippen LogP contribution in [0.3, 0.4) is 0 Å². The number of carbonyl (C=O) groups is 1. The van der Waals surface area contributed by atoms with E-state index in [1.54, 1.807) is 7.11 Å². The van der Waals surface area contributed by atoms with E-state index < -0.39 is 0 Å². The van der Waals surface area contributed by atoms with Crippen LogP contribution in [-0.4, -0.2) is 32.2 Å². The Balaban J connectivity index is 3.20. The minimum atomic E-state index is 0.127. The molecule has 0 aromatic carbocycles. The van der Waals surface area contributed by atoms with Gasteiger partial charge in [0.15, 0.2) is 0 Å². The first-order valence-corrected chi connectivity index (χ1v) is 4.83. The minimum Gasteiger partial charge on any atom is -0.382 e. The van der Waals surface area contributed by atoms with Crippen LogP contribution >= 0.6 is 0 Å². The molecule has 0 aromatic heterocycles. The monoisotopic (exact) mass is 188 g/mol. The Labute approximate surface area is 80.4 Å². The summed E-state index contributed by atoms with van der Waals surface area (Å²) in [5.74, 6) is 0.308. The van der Waals surface area contributed by atoms with Crippen LogP contribution in [0.5, 0.6) is 0 Å². The van der Waals surface area contributed by atoms with Crippen LogP contribution in [-0.2, 0) is 14.3 Å². The van der Waals surface area contributed by atoms with E-state index >= 15 is 0 Å². The van der Waals surface area contributed by atoms with Gasteiger partial charge in [-0.3, -0.25) is 4.79 Å². The molecule has 0 spiro atoms. The minimum absolute atomic E-state index is 0.127. The zero-order valence-electron chi connectivity index (χ0n) is 8.84. The molecular weight excluding hydrogens is 168 g/mol. The van der Waals surface area contributed by atoms with Crippen molar-refractivity contribution in [2.24, 2.45) is 0 Å². The third-order valence-electron chi connectivity index (χ3n) is 1.80. The molecule has 0 saturated heterocycles. The third-order valence-corrected chi connectivity index (χ3v) is 1.80. The Morgan fingerprint density at radius 1 is 1.46 bits per heavy atom. The van der Waals surface area contributed by atoms with Gasteiger partial charge < -0.3 is 9.47 Å². The number of hydrogen-bond donors (Lipinski definition) is 0. The van der Waals surface area contributed by atoms with Gasteiger partial charge in [0.05, 0.1) is 12.7 Å². The molecule has 1 unspecified atom stereocenters. The van der Waals surface area contributed by atoms with Crippen LogP contribution in [0.2, 0.25) is 0 Å². The van der Waals surface area contributed by atoms with Crippen molar-refractivity contribution in [3.05, 3.63) is 0 Å². The second-order valence-corrected chi connectivity index (χ2v) is 3.13. The molecule has 0 heterocycles. The second-order valence-electron chi connectivity index (χ2n) is 3.13. The maximum atomic E-state index is 10.9. The third kappa shape index (κ3) is 7.94. The van der Waals surface area contributed by atoms with E-state index in [1.165, 1.54) is 0 Å². The SMILES string of the molecule is CCC(=O)CCCOC(C)COC. The lowest BCUT2D eigenvalue weighted by molar-refractivity contribution is -0.119. The smallest absolute Gasteiger partial charge is 0.132 e. The van der Waals surface area contributed by atoms with Crippen LogP contribution in [0.15, 0.2) is 0 Å². The van der Waals surface area contributed by atoms with Crippen LogP contribution in [0.25, 0.3) is 0 Å². The molecule has 0 fully saturated rings. The number of methoxy groups -OCH3 is 1. The lowest BCUT2D eigenvalue weighted by atomic mass is 10.2. The van der Waals surface area contributed by atoms with E-state index in [2.05, 4.69) is 0 Å². The van der Waals surface area contributed by atoms with Gasteiger partial charge in [0, 0.05) is 26.6 Å². The fraction of sp³-hybridized carbons (Fsp3) is 0.900. The number of Topliss-reactive ketones (excluding diaryl/α,β-unsaturated/α-hetero) is 1. The quantitative estimate of drug-likeness (QED) is 0.545. The Morgan fingerprint density at radius 2 is 2.15 bits per heavy atom. The Hall–Kier alpha value is -0.410. The van der Waals surface area contributed by atoms with Gasteiger partial charge in [-0.25, -0.2) is 0 Å². The van der Waals surface area contributed by atoms with Crippen molar-refractivity contribution in [2.45, 2.75) is 39.2 Å². The predicted octanol–water partition coefficient (Wildman–Crippen LogP) is 1.80. The van der Waals surface area contributed by atoms with Gasteiger partial charge in [0.1, 0.15) is 5.78 Å². The molecule has 0 saturated carbocycles. The van der Waals surface area contributed by atoms with Crippen LogP contribution in [0.1, 0.15) is 33.1 Å². The normalized spacial score (nSPS) is 12.8. The summed E-state index contributed by atoms with van der Waals surface area (Å²) in [5, 5.41) is 0. The van der Waals surface area contributed by atoms with E-state index in [0.29, 0.717) is 31.8 Å². The van der Waals surface area contributed by atoms with Crippen molar-refractivity contribution in [1.29, 1.82) is 0 Å². The van der Waals surface area contributed by atoms with Gasteiger partial charge >= 0.3 is 0 Å². The standard InChI is InChI=1S/C10H20O3/c1-4-10(11)6-5-7-13-9(2)8-12-3/h9H,4-8H2,1-3H3. The molecule has 0 rings (SSSR count). The highest BCUT2D eigenvalue weighted by Crippen LogP contribution is 1.98. The van der Waals surface area contributed by atoms with E-state index in [0.717, 1.165) is 6.42 Å². The molecule has 0 aliphatic heterocycles. The summed E-state index contributed by atoms with van der Waals surface area (Å²) in [7, 11) is 1.65. The molecule has 78 valence electrons. The molecule has 0 aliphatic rings. The summed E-state index contributed by atoms with van der Waals surface area (Å²) in [6, 6.07) is 0. The van der Waals surface area contributed by atoms with Crippen molar-refractivity contribution >= 4 is 5.78 Å². The summed E-state index contributed by atoms with van der Waals surface area (Å²) < 4.78 is 10.3. The van der Waals surface area contributed by atoms with Crippen molar-refractivity contribution in [2.75, 3.05) is 20.3 Å². The van der Waals surface area contributed by atoms with E-state index in [-0.39, 0.29) is 6.10 Å². The van der Waals surface area contributed by atoms with Gasteiger partial charge in [-0.05, 0) is 13.3 Å². The van der Waals surface area contributed by atoms with Crippen molar-refractivity contribution in [1.82, 2.24) is 0 Å². The molecule has 0 bridgehead atoms. The molecule has 3 heteroatoms. The second kappa shape index (κ2) is 8.20. The summed E-state index contributed by atoms with van der Waals surface area (Å²) >= 11 is 0. The fourth-order valence-corrected chi connectivity index (χ4v) is 1.01. The van der Waals surface area contributed by atoms with E-state index in [1.807, 2.05) is 13.8 Å². The van der Waals surface area contributed by atoms with E-state index in [4.69, 9.17) is 9.47 Å². The van der Waals surface area contributed by atoms with Crippen LogP contribution in [0.4, 0.5) is 0 Å². The average molecular weight is 188 g/mol. The molecule has 0 N–H and O–H groups in total. The summed E-state index contributed by atoms with van der Waals surface area (Å²) in [6.45, 7) is 5.11. The lowest BCUT2D eigenvalue weighted by Crippen LogP contribution is -2.15. The van der Waals surface area contributed by atoms with Crippen LogP contribution < -0.4 is 0 Å². The zero-order chi connectivity index (χ0) is 10.1. The molecule has 3 nitrogen and oxygen atoms in total. The number of rotatable bonds is 8. The first-order chi connectivity index (χ1) is 6.20. The average Bonchev–Trinajstić information content (AvgIpc) is 2.12. The van der Waals surface area contributed by atoms with Crippen molar-refractivity contribution in [3.63, 3.8) is 0 Å². The Bertz CT molecular complexity index is 134. The fourth-order valence-electron chi connectivity index (χ4n) is 1.01. The number of hydrogen-bond acceptors (Lipinski definition) is 3. The molecule has 0 aromatic rings. The van der Waals surface area contributed by atoms with Gasteiger partial charge in [-0.1, -0.05) is 6.92 Å². The topological polar surface area (TPSA) is 35.5 Å².